The first-order valence-electron chi connectivity index (χ1n) is 5.60. The Morgan fingerprint density at radius 3 is 2.50 bits per heavy atom. The molecule has 0 aliphatic rings. The SMILES string of the molecule is COCC(C)CC(N)Cc1ccc(Br)cc1. The van der Waals surface area contributed by atoms with Crippen molar-refractivity contribution < 1.29 is 4.74 Å². The van der Waals surface area contributed by atoms with Crippen LogP contribution in [0.3, 0.4) is 0 Å². The Hall–Kier alpha value is -0.380. The van der Waals surface area contributed by atoms with Crippen LogP contribution in [0.2, 0.25) is 0 Å². The van der Waals surface area contributed by atoms with Crippen molar-refractivity contribution in [3.63, 3.8) is 0 Å². The van der Waals surface area contributed by atoms with E-state index in [0.717, 1.165) is 23.9 Å². The molecule has 0 aliphatic carbocycles. The molecule has 0 spiro atoms. The minimum Gasteiger partial charge on any atom is -0.384 e. The van der Waals surface area contributed by atoms with Gasteiger partial charge in [-0.2, -0.15) is 0 Å². The average Bonchev–Trinajstić information content (AvgIpc) is 2.21. The second-order valence-corrected chi connectivity index (χ2v) is 5.30. The van der Waals surface area contributed by atoms with Gasteiger partial charge in [0.1, 0.15) is 0 Å². The summed E-state index contributed by atoms with van der Waals surface area (Å²) in [6.45, 7) is 2.96. The zero-order valence-electron chi connectivity index (χ0n) is 9.95. The van der Waals surface area contributed by atoms with Crippen molar-refractivity contribution in [1.82, 2.24) is 0 Å². The van der Waals surface area contributed by atoms with E-state index in [0.29, 0.717) is 5.92 Å². The normalized spacial score (nSPS) is 14.8. The van der Waals surface area contributed by atoms with Gasteiger partial charge >= 0.3 is 0 Å². The molecule has 3 heteroatoms. The van der Waals surface area contributed by atoms with E-state index in [9.17, 15) is 0 Å². The highest BCUT2D eigenvalue weighted by molar-refractivity contribution is 9.10. The van der Waals surface area contributed by atoms with Crippen molar-refractivity contribution in [2.75, 3.05) is 13.7 Å². The molecule has 0 amide bonds. The minimum atomic E-state index is 0.214. The molecule has 0 aromatic heterocycles. The quantitative estimate of drug-likeness (QED) is 0.872. The first-order chi connectivity index (χ1) is 7.61. The van der Waals surface area contributed by atoms with Crippen LogP contribution in [0.4, 0.5) is 0 Å². The van der Waals surface area contributed by atoms with Gasteiger partial charge in [0.05, 0.1) is 0 Å². The van der Waals surface area contributed by atoms with Crippen molar-refractivity contribution in [2.24, 2.45) is 11.7 Å². The number of halogens is 1. The van der Waals surface area contributed by atoms with Crippen LogP contribution in [0.5, 0.6) is 0 Å². The monoisotopic (exact) mass is 285 g/mol. The average molecular weight is 286 g/mol. The van der Waals surface area contributed by atoms with Gasteiger partial charge in [-0.3, -0.25) is 0 Å². The van der Waals surface area contributed by atoms with Crippen LogP contribution in [0.1, 0.15) is 18.9 Å². The molecule has 1 rings (SSSR count). The highest BCUT2D eigenvalue weighted by Crippen LogP contribution is 2.14. The Labute approximate surface area is 106 Å². The van der Waals surface area contributed by atoms with E-state index in [-0.39, 0.29) is 6.04 Å². The summed E-state index contributed by atoms with van der Waals surface area (Å²) in [5.41, 5.74) is 7.40. The first kappa shape index (κ1) is 13.7. The zero-order valence-corrected chi connectivity index (χ0v) is 11.5. The molecule has 0 bridgehead atoms. The lowest BCUT2D eigenvalue weighted by atomic mass is 9.97. The lowest BCUT2D eigenvalue weighted by Gasteiger charge is -2.16. The van der Waals surface area contributed by atoms with E-state index >= 15 is 0 Å². The summed E-state index contributed by atoms with van der Waals surface area (Å²) < 4.78 is 6.22. The summed E-state index contributed by atoms with van der Waals surface area (Å²) in [5.74, 6) is 0.524. The molecule has 0 saturated carbocycles. The fourth-order valence-electron chi connectivity index (χ4n) is 1.88. The van der Waals surface area contributed by atoms with Gasteiger partial charge in [-0.15, -0.1) is 0 Å². The summed E-state index contributed by atoms with van der Waals surface area (Å²) >= 11 is 3.42. The van der Waals surface area contributed by atoms with E-state index in [1.807, 2.05) is 0 Å². The lowest BCUT2D eigenvalue weighted by Crippen LogP contribution is -2.26. The first-order valence-corrected chi connectivity index (χ1v) is 6.40. The molecule has 0 fully saturated rings. The Bertz CT molecular complexity index is 299. The van der Waals surface area contributed by atoms with Crippen LogP contribution in [-0.4, -0.2) is 19.8 Å². The minimum absolute atomic E-state index is 0.214. The summed E-state index contributed by atoms with van der Waals surface area (Å²) in [6, 6.07) is 8.56. The standard InChI is InChI=1S/C13H20BrNO/c1-10(9-16-2)7-13(15)8-11-3-5-12(14)6-4-11/h3-6,10,13H,7-9,15H2,1-2H3. The molecule has 0 heterocycles. The topological polar surface area (TPSA) is 35.2 Å². The summed E-state index contributed by atoms with van der Waals surface area (Å²) in [6.07, 6.45) is 1.94. The second-order valence-electron chi connectivity index (χ2n) is 4.39. The maximum absolute atomic E-state index is 6.11. The highest BCUT2D eigenvalue weighted by Gasteiger charge is 2.09. The van der Waals surface area contributed by atoms with E-state index in [1.54, 1.807) is 7.11 Å². The van der Waals surface area contributed by atoms with Crippen LogP contribution in [0.15, 0.2) is 28.7 Å². The number of nitrogens with two attached hydrogens (primary N) is 1. The molecule has 0 aliphatic heterocycles. The van der Waals surface area contributed by atoms with E-state index in [1.165, 1.54) is 5.56 Å². The maximum atomic E-state index is 6.11. The summed E-state index contributed by atoms with van der Waals surface area (Å²) in [7, 11) is 1.73. The van der Waals surface area contributed by atoms with E-state index in [4.69, 9.17) is 10.5 Å². The molecule has 2 nitrogen and oxygen atoms in total. The molecule has 0 saturated heterocycles. The van der Waals surface area contributed by atoms with Crippen LogP contribution < -0.4 is 5.73 Å². The summed E-state index contributed by atoms with van der Waals surface area (Å²) in [4.78, 5) is 0. The summed E-state index contributed by atoms with van der Waals surface area (Å²) in [5, 5.41) is 0. The third-order valence-electron chi connectivity index (χ3n) is 2.57. The number of rotatable bonds is 6. The van der Waals surface area contributed by atoms with E-state index in [2.05, 4.69) is 47.1 Å². The fourth-order valence-corrected chi connectivity index (χ4v) is 2.14. The predicted octanol–water partition coefficient (Wildman–Crippen LogP) is 2.99. The maximum Gasteiger partial charge on any atom is 0.0488 e. The molecule has 2 N–H and O–H groups in total. The largest absolute Gasteiger partial charge is 0.384 e. The molecular weight excluding hydrogens is 266 g/mol. The van der Waals surface area contributed by atoms with Gasteiger partial charge in [0.15, 0.2) is 0 Å². The molecule has 1 aromatic carbocycles. The van der Waals surface area contributed by atoms with Gasteiger partial charge in [-0.05, 0) is 36.5 Å². The molecular formula is C13H20BrNO. The van der Waals surface area contributed by atoms with Gasteiger partial charge in [0.2, 0.25) is 0 Å². The lowest BCUT2D eigenvalue weighted by molar-refractivity contribution is 0.152. The Balaban J connectivity index is 2.39. The molecule has 2 atom stereocenters. The number of ether oxygens (including phenoxy) is 1. The van der Waals surface area contributed by atoms with Crippen LogP contribution in [-0.2, 0) is 11.2 Å². The fraction of sp³-hybridized carbons (Fsp3) is 0.538. The second kappa shape index (κ2) is 7.05. The highest BCUT2D eigenvalue weighted by atomic mass is 79.9. The smallest absolute Gasteiger partial charge is 0.0488 e. The number of hydrogen-bond acceptors (Lipinski definition) is 2. The van der Waals surface area contributed by atoms with Crippen molar-refractivity contribution in [3.05, 3.63) is 34.3 Å². The molecule has 90 valence electrons. The van der Waals surface area contributed by atoms with Gasteiger partial charge in [0, 0.05) is 24.2 Å². The Morgan fingerprint density at radius 2 is 1.94 bits per heavy atom. The third-order valence-corrected chi connectivity index (χ3v) is 3.10. The molecule has 16 heavy (non-hydrogen) atoms. The Kier molecular flexibility index (Phi) is 6.03. The van der Waals surface area contributed by atoms with Crippen LogP contribution >= 0.6 is 15.9 Å². The van der Waals surface area contributed by atoms with E-state index < -0.39 is 0 Å². The molecule has 1 aromatic rings. The van der Waals surface area contributed by atoms with Gasteiger partial charge < -0.3 is 10.5 Å². The van der Waals surface area contributed by atoms with Crippen LogP contribution in [0, 0.1) is 5.92 Å². The molecule has 0 radical (unpaired) electrons. The van der Waals surface area contributed by atoms with Crippen molar-refractivity contribution >= 4 is 15.9 Å². The van der Waals surface area contributed by atoms with Crippen LogP contribution in [0.25, 0.3) is 0 Å². The Morgan fingerprint density at radius 1 is 1.31 bits per heavy atom. The third kappa shape index (κ3) is 5.10. The zero-order chi connectivity index (χ0) is 12.0. The van der Waals surface area contributed by atoms with Gasteiger partial charge in [0.25, 0.3) is 0 Å². The van der Waals surface area contributed by atoms with Gasteiger partial charge in [-0.25, -0.2) is 0 Å². The number of hydrogen-bond donors (Lipinski definition) is 1. The predicted molar refractivity (Wildman–Crippen MR) is 71.5 cm³/mol. The van der Waals surface area contributed by atoms with Gasteiger partial charge in [-0.1, -0.05) is 35.0 Å². The number of benzene rings is 1. The van der Waals surface area contributed by atoms with Crippen molar-refractivity contribution in [2.45, 2.75) is 25.8 Å². The molecule has 2 unspecified atom stereocenters. The van der Waals surface area contributed by atoms with Crippen molar-refractivity contribution in [3.8, 4) is 0 Å². The van der Waals surface area contributed by atoms with Crippen molar-refractivity contribution in [1.29, 1.82) is 0 Å². The number of methoxy groups -OCH3 is 1.